The molecule has 4 rings (SSSR count). The molecule has 0 unspecified atom stereocenters. The Morgan fingerprint density at radius 1 is 1.03 bits per heavy atom. The van der Waals surface area contributed by atoms with Crippen LogP contribution >= 0.6 is 11.6 Å². The van der Waals surface area contributed by atoms with Gasteiger partial charge >= 0.3 is 0 Å². The van der Waals surface area contributed by atoms with E-state index in [1.54, 1.807) is 24.5 Å². The Balaban J connectivity index is 1.20. The van der Waals surface area contributed by atoms with Gasteiger partial charge in [-0.2, -0.15) is 5.26 Å². The molecule has 0 aliphatic rings. The minimum atomic E-state index is -0.504. The Bertz CT molecular complexity index is 1440. The first kappa shape index (κ1) is 26.3. The van der Waals surface area contributed by atoms with Gasteiger partial charge in [-0.25, -0.2) is 4.98 Å². The lowest BCUT2D eigenvalue weighted by Gasteiger charge is -2.11. The van der Waals surface area contributed by atoms with Crippen LogP contribution < -0.4 is 15.8 Å². The molecule has 37 heavy (non-hydrogen) atoms. The van der Waals surface area contributed by atoms with E-state index in [9.17, 15) is 4.79 Å². The molecular formula is C28H28ClN5O3. The summed E-state index contributed by atoms with van der Waals surface area (Å²) in [5, 5.41) is 15.5. The third-order valence-electron chi connectivity index (χ3n) is 5.83. The van der Waals surface area contributed by atoms with Gasteiger partial charge in [-0.3, -0.25) is 9.78 Å². The highest BCUT2D eigenvalue weighted by Crippen LogP contribution is 2.30. The molecule has 190 valence electrons. The van der Waals surface area contributed by atoms with Gasteiger partial charge in [0.2, 0.25) is 11.8 Å². The van der Waals surface area contributed by atoms with Crippen molar-refractivity contribution >= 4 is 39.2 Å². The second kappa shape index (κ2) is 13.0. The van der Waals surface area contributed by atoms with Crippen molar-refractivity contribution < 1.29 is 14.3 Å². The number of nitriles is 1. The Labute approximate surface area is 220 Å². The standard InChI is InChI=1S/C28H28ClN5O3/c29-22-14-19(5-7-30)13-20(15-22)17-32-8-1-2-10-36-11-12-37-28-24-6-9-33-18-25(24)23-4-3-21(27(31)35)16-26(23)34-28/h3-4,6,9,13-16,18,32H,1-2,5,8,10-12,17H2,(H2,31,35). The third-order valence-corrected chi connectivity index (χ3v) is 6.05. The first-order chi connectivity index (χ1) is 18.0. The summed E-state index contributed by atoms with van der Waals surface area (Å²) in [6.45, 7) is 2.98. The summed E-state index contributed by atoms with van der Waals surface area (Å²) < 4.78 is 11.7. The lowest BCUT2D eigenvalue weighted by Crippen LogP contribution is -2.16. The smallest absolute Gasteiger partial charge is 0.248 e. The number of nitrogens with two attached hydrogens (primary N) is 1. The van der Waals surface area contributed by atoms with Crippen LogP contribution in [0, 0.1) is 11.3 Å². The Hall–Kier alpha value is -3.77. The van der Waals surface area contributed by atoms with Crippen LogP contribution in [0.1, 0.15) is 34.3 Å². The number of halogens is 1. The number of benzene rings is 2. The summed E-state index contributed by atoms with van der Waals surface area (Å²) in [7, 11) is 0. The lowest BCUT2D eigenvalue weighted by molar-refractivity contribution is 0.0966. The predicted molar refractivity (Wildman–Crippen MR) is 144 cm³/mol. The van der Waals surface area contributed by atoms with Crippen LogP contribution in [0.3, 0.4) is 0 Å². The fourth-order valence-electron chi connectivity index (χ4n) is 4.08. The van der Waals surface area contributed by atoms with Crippen LogP contribution in [-0.2, 0) is 17.7 Å². The highest BCUT2D eigenvalue weighted by Gasteiger charge is 2.11. The first-order valence-electron chi connectivity index (χ1n) is 12.1. The second-order valence-electron chi connectivity index (χ2n) is 8.58. The van der Waals surface area contributed by atoms with Crippen LogP contribution in [0.15, 0.2) is 54.9 Å². The van der Waals surface area contributed by atoms with Gasteiger partial charge in [-0.15, -0.1) is 0 Å². The van der Waals surface area contributed by atoms with E-state index in [-0.39, 0.29) is 0 Å². The number of carbonyl (C=O) groups excluding carboxylic acids is 1. The molecule has 0 saturated carbocycles. The molecule has 0 aliphatic carbocycles. The van der Waals surface area contributed by atoms with Crippen LogP contribution in [0.4, 0.5) is 0 Å². The van der Waals surface area contributed by atoms with E-state index in [1.165, 1.54) is 0 Å². The van der Waals surface area contributed by atoms with Gasteiger partial charge in [0.1, 0.15) is 6.61 Å². The van der Waals surface area contributed by atoms with E-state index in [0.717, 1.165) is 46.7 Å². The maximum absolute atomic E-state index is 11.6. The monoisotopic (exact) mass is 517 g/mol. The first-order valence-corrected chi connectivity index (χ1v) is 12.5. The zero-order valence-corrected chi connectivity index (χ0v) is 21.1. The van der Waals surface area contributed by atoms with Gasteiger partial charge in [-0.1, -0.05) is 23.7 Å². The average Bonchev–Trinajstić information content (AvgIpc) is 2.89. The summed E-state index contributed by atoms with van der Waals surface area (Å²) >= 11 is 6.13. The van der Waals surface area contributed by atoms with Crippen molar-refractivity contribution in [3.05, 3.63) is 76.6 Å². The number of hydrogen-bond donors (Lipinski definition) is 2. The average molecular weight is 518 g/mol. The SMILES string of the molecule is N#CCc1cc(Cl)cc(CNCCCCOCCOc2nc3cc(C(N)=O)ccc3c3cnccc23)c1. The van der Waals surface area contributed by atoms with Crippen LogP contribution in [0.5, 0.6) is 5.88 Å². The van der Waals surface area contributed by atoms with Gasteiger partial charge in [0.05, 0.1) is 24.6 Å². The van der Waals surface area contributed by atoms with Crippen LogP contribution in [-0.4, -0.2) is 42.2 Å². The van der Waals surface area contributed by atoms with E-state index < -0.39 is 5.91 Å². The molecule has 9 heteroatoms. The van der Waals surface area contributed by atoms with Crippen molar-refractivity contribution in [2.75, 3.05) is 26.4 Å². The largest absolute Gasteiger partial charge is 0.475 e. The number of primary amides is 1. The molecule has 2 aromatic carbocycles. The minimum Gasteiger partial charge on any atom is -0.475 e. The molecule has 0 spiro atoms. The number of hydrogen-bond acceptors (Lipinski definition) is 7. The molecule has 0 bridgehead atoms. The quantitative estimate of drug-likeness (QED) is 0.197. The maximum Gasteiger partial charge on any atom is 0.248 e. The molecular weight excluding hydrogens is 490 g/mol. The number of rotatable bonds is 13. The van der Waals surface area contributed by atoms with E-state index in [4.69, 9.17) is 32.1 Å². The molecule has 3 N–H and O–H groups in total. The van der Waals surface area contributed by atoms with Gasteiger partial charge in [0.15, 0.2) is 0 Å². The van der Waals surface area contributed by atoms with E-state index in [0.29, 0.717) is 54.8 Å². The molecule has 0 atom stereocenters. The molecule has 2 aromatic heterocycles. The number of nitrogens with one attached hydrogen (secondary N) is 1. The minimum absolute atomic E-state index is 0.351. The van der Waals surface area contributed by atoms with Crippen molar-refractivity contribution in [1.29, 1.82) is 5.26 Å². The predicted octanol–water partition coefficient (Wildman–Crippen LogP) is 4.57. The maximum atomic E-state index is 11.6. The number of pyridine rings is 2. The molecule has 1 amide bonds. The molecule has 2 heterocycles. The normalized spacial score (nSPS) is 11.0. The van der Waals surface area contributed by atoms with Gasteiger partial charge in [0.25, 0.3) is 0 Å². The Morgan fingerprint density at radius 2 is 1.89 bits per heavy atom. The number of fused-ring (bicyclic) bond motifs is 3. The number of carbonyl (C=O) groups is 1. The van der Waals surface area contributed by atoms with E-state index in [1.807, 2.05) is 30.3 Å². The molecule has 4 aromatic rings. The Morgan fingerprint density at radius 3 is 2.73 bits per heavy atom. The van der Waals surface area contributed by atoms with E-state index in [2.05, 4.69) is 21.4 Å². The Kier molecular flexibility index (Phi) is 9.22. The topological polar surface area (TPSA) is 123 Å². The van der Waals surface area contributed by atoms with Crippen molar-refractivity contribution in [2.24, 2.45) is 5.73 Å². The molecule has 0 fully saturated rings. The number of nitrogens with zero attached hydrogens (tertiary/aromatic N) is 3. The van der Waals surface area contributed by atoms with Gasteiger partial charge < -0.3 is 20.5 Å². The molecule has 0 radical (unpaired) electrons. The zero-order chi connectivity index (χ0) is 26.0. The lowest BCUT2D eigenvalue weighted by atomic mass is 10.1. The number of amides is 1. The molecule has 0 saturated heterocycles. The highest BCUT2D eigenvalue weighted by molar-refractivity contribution is 6.30. The molecule has 0 aliphatic heterocycles. The fourth-order valence-corrected chi connectivity index (χ4v) is 4.36. The van der Waals surface area contributed by atoms with E-state index >= 15 is 0 Å². The van der Waals surface area contributed by atoms with Crippen LogP contribution in [0.25, 0.3) is 21.7 Å². The summed E-state index contributed by atoms with van der Waals surface area (Å²) in [6.07, 6.45) is 5.70. The summed E-state index contributed by atoms with van der Waals surface area (Å²) in [6, 6.07) is 14.9. The van der Waals surface area contributed by atoms with Gasteiger partial charge in [0, 0.05) is 52.3 Å². The summed E-state index contributed by atoms with van der Waals surface area (Å²) in [4.78, 5) is 20.4. The highest BCUT2D eigenvalue weighted by atomic mass is 35.5. The van der Waals surface area contributed by atoms with Crippen LogP contribution in [0.2, 0.25) is 5.02 Å². The van der Waals surface area contributed by atoms with Crippen molar-refractivity contribution in [2.45, 2.75) is 25.8 Å². The summed E-state index contributed by atoms with van der Waals surface area (Å²) in [5.74, 6) is -0.0338. The third kappa shape index (κ3) is 7.14. The number of aromatic nitrogens is 2. The zero-order valence-electron chi connectivity index (χ0n) is 20.4. The van der Waals surface area contributed by atoms with Crippen molar-refractivity contribution in [3.63, 3.8) is 0 Å². The summed E-state index contributed by atoms with van der Waals surface area (Å²) in [5.41, 5.74) is 8.44. The fraction of sp³-hybridized carbons (Fsp3) is 0.286. The van der Waals surface area contributed by atoms with Crippen molar-refractivity contribution in [3.8, 4) is 11.9 Å². The van der Waals surface area contributed by atoms with Crippen molar-refractivity contribution in [1.82, 2.24) is 15.3 Å². The number of ether oxygens (including phenoxy) is 2. The second-order valence-corrected chi connectivity index (χ2v) is 9.02. The number of unbranched alkanes of at least 4 members (excludes halogenated alkanes) is 1. The van der Waals surface area contributed by atoms with Gasteiger partial charge in [-0.05, 0) is 60.8 Å². The molecule has 8 nitrogen and oxygen atoms in total.